The van der Waals surface area contributed by atoms with Crippen LogP contribution in [0.5, 0.6) is 0 Å². The van der Waals surface area contributed by atoms with Gasteiger partial charge in [-0.1, -0.05) is 0 Å². The Kier molecular flexibility index (Phi) is 3.33. The Balaban J connectivity index is 2.34. The summed E-state index contributed by atoms with van der Waals surface area (Å²) in [7, 11) is -2.15. The van der Waals surface area contributed by atoms with Crippen LogP contribution < -0.4 is 5.73 Å². The fourth-order valence-electron chi connectivity index (χ4n) is 1.99. The van der Waals surface area contributed by atoms with Crippen molar-refractivity contribution in [2.24, 2.45) is 5.92 Å². The number of rotatable bonds is 4. The van der Waals surface area contributed by atoms with Crippen molar-refractivity contribution in [1.82, 2.24) is 4.31 Å². The molecule has 100 valence electrons. The SMILES string of the molecule is CC(C1CC1)N(C)S(=O)(=O)c1cc(N)cc(F)c1. The van der Waals surface area contributed by atoms with Crippen molar-refractivity contribution in [2.75, 3.05) is 12.8 Å². The fourth-order valence-corrected chi connectivity index (χ4v) is 3.48. The summed E-state index contributed by atoms with van der Waals surface area (Å²) in [5, 5.41) is 0. The van der Waals surface area contributed by atoms with E-state index in [4.69, 9.17) is 5.73 Å². The first-order valence-electron chi connectivity index (χ1n) is 5.86. The Morgan fingerprint density at radius 2 is 2.00 bits per heavy atom. The number of hydrogen-bond acceptors (Lipinski definition) is 3. The Hall–Kier alpha value is -1.14. The lowest BCUT2D eigenvalue weighted by Gasteiger charge is -2.24. The van der Waals surface area contributed by atoms with Gasteiger partial charge in [0.1, 0.15) is 5.82 Å². The number of halogens is 1. The normalized spacial score (nSPS) is 18.0. The van der Waals surface area contributed by atoms with E-state index in [0.29, 0.717) is 5.92 Å². The van der Waals surface area contributed by atoms with Gasteiger partial charge in [-0.15, -0.1) is 0 Å². The van der Waals surface area contributed by atoms with Crippen molar-refractivity contribution in [2.45, 2.75) is 30.7 Å². The molecular weight excluding hydrogens is 255 g/mol. The van der Waals surface area contributed by atoms with Crippen LogP contribution in [0.25, 0.3) is 0 Å². The number of nitrogen functional groups attached to an aromatic ring is 1. The molecule has 1 aromatic rings. The van der Waals surface area contributed by atoms with Crippen LogP contribution >= 0.6 is 0 Å². The van der Waals surface area contributed by atoms with Gasteiger partial charge in [0, 0.05) is 18.8 Å². The van der Waals surface area contributed by atoms with Gasteiger partial charge in [0.25, 0.3) is 0 Å². The minimum absolute atomic E-state index is 0.0699. The van der Waals surface area contributed by atoms with Gasteiger partial charge in [-0.05, 0) is 43.9 Å². The van der Waals surface area contributed by atoms with Crippen LogP contribution in [0.2, 0.25) is 0 Å². The summed E-state index contributed by atoms with van der Waals surface area (Å²) in [6, 6.07) is 3.32. The van der Waals surface area contributed by atoms with Crippen LogP contribution in [0, 0.1) is 11.7 Å². The van der Waals surface area contributed by atoms with Crippen LogP contribution in [-0.4, -0.2) is 25.8 Å². The van der Waals surface area contributed by atoms with Gasteiger partial charge in [-0.3, -0.25) is 0 Å². The molecular formula is C12H17FN2O2S. The summed E-state index contributed by atoms with van der Waals surface area (Å²) in [5.41, 5.74) is 5.59. The quantitative estimate of drug-likeness (QED) is 0.850. The van der Waals surface area contributed by atoms with E-state index in [0.717, 1.165) is 25.0 Å². The van der Waals surface area contributed by atoms with Crippen LogP contribution in [0.1, 0.15) is 19.8 Å². The molecule has 0 heterocycles. The summed E-state index contributed by atoms with van der Waals surface area (Å²) in [6.07, 6.45) is 2.10. The minimum atomic E-state index is -3.67. The van der Waals surface area contributed by atoms with Crippen molar-refractivity contribution in [3.05, 3.63) is 24.0 Å². The zero-order valence-corrected chi connectivity index (χ0v) is 11.2. The number of benzene rings is 1. The third kappa shape index (κ3) is 2.49. The topological polar surface area (TPSA) is 63.4 Å². The molecule has 0 spiro atoms. The van der Waals surface area contributed by atoms with Crippen molar-refractivity contribution in [1.29, 1.82) is 0 Å². The maximum Gasteiger partial charge on any atom is 0.243 e. The summed E-state index contributed by atoms with van der Waals surface area (Å²) in [5.74, 6) is -0.225. The molecule has 0 aliphatic heterocycles. The summed E-state index contributed by atoms with van der Waals surface area (Å²) < 4.78 is 39.2. The van der Waals surface area contributed by atoms with Crippen LogP contribution in [0.4, 0.5) is 10.1 Å². The highest BCUT2D eigenvalue weighted by atomic mass is 32.2. The predicted molar refractivity (Wildman–Crippen MR) is 67.9 cm³/mol. The Morgan fingerprint density at radius 3 is 2.50 bits per heavy atom. The summed E-state index contributed by atoms with van der Waals surface area (Å²) in [6.45, 7) is 1.87. The van der Waals surface area contributed by atoms with Crippen LogP contribution in [0.15, 0.2) is 23.1 Å². The smallest absolute Gasteiger partial charge is 0.243 e. The van der Waals surface area contributed by atoms with Gasteiger partial charge in [-0.25, -0.2) is 12.8 Å². The van der Waals surface area contributed by atoms with E-state index in [1.165, 1.54) is 17.4 Å². The maximum atomic E-state index is 13.2. The lowest BCUT2D eigenvalue weighted by molar-refractivity contribution is 0.357. The molecule has 0 aromatic heterocycles. The Bertz CT molecular complexity index is 535. The highest BCUT2D eigenvalue weighted by molar-refractivity contribution is 7.89. The van der Waals surface area contributed by atoms with E-state index in [1.807, 2.05) is 6.92 Å². The second kappa shape index (κ2) is 4.51. The van der Waals surface area contributed by atoms with Gasteiger partial charge < -0.3 is 5.73 Å². The molecule has 0 radical (unpaired) electrons. The number of sulfonamides is 1. The first kappa shape index (κ1) is 13.3. The molecule has 1 saturated carbocycles. The second-order valence-electron chi connectivity index (χ2n) is 4.82. The molecule has 1 atom stereocenters. The van der Waals surface area contributed by atoms with Crippen molar-refractivity contribution in [3.8, 4) is 0 Å². The molecule has 1 fully saturated rings. The van der Waals surface area contributed by atoms with Gasteiger partial charge in [0.2, 0.25) is 10.0 Å². The van der Waals surface area contributed by atoms with E-state index in [9.17, 15) is 12.8 Å². The molecule has 1 aromatic carbocycles. The van der Waals surface area contributed by atoms with Gasteiger partial charge in [0.15, 0.2) is 0 Å². The monoisotopic (exact) mass is 272 g/mol. The van der Waals surface area contributed by atoms with Gasteiger partial charge in [0.05, 0.1) is 4.90 Å². The van der Waals surface area contributed by atoms with E-state index in [2.05, 4.69) is 0 Å². The molecule has 2 rings (SSSR count). The average Bonchev–Trinajstić information content (AvgIpc) is 3.09. The molecule has 1 aliphatic carbocycles. The zero-order chi connectivity index (χ0) is 13.5. The standard InChI is InChI=1S/C12H17FN2O2S/c1-8(9-3-4-9)15(2)18(16,17)12-6-10(13)5-11(14)7-12/h5-9H,3-4,14H2,1-2H3. The van der Waals surface area contributed by atoms with Crippen LogP contribution in [0.3, 0.4) is 0 Å². The van der Waals surface area contributed by atoms with E-state index in [-0.39, 0.29) is 16.6 Å². The number of anilines is 1. The van der Waals surface area contributed by atoms with E-state index in [1.54, 1.807) is 0 Å². The lowest BCUT2D eigenvalue weighted by atomic mass is 10.2. The minimum Gasteiger partial charge on any atom is -0.399 e. The lowest BCUT2D eigenvalue weighted by Crippen LogP contribution is -2.36. The third-order valence-corrected chi connectivity index (χ3v) is 5.37. The molecule has 0 bridgehead atoms. The largest absolute Gasteiger partial charge is 0.399 e. The van der Waals surface area contributed by atoms with Crippen molar-refractivity contribution < 1.29 is 12.8 Å². The molecule has 18 heavy (non-hydrogen) atoms. The molecule has 0 saturated heterocycles. The van der Waals surface area contributed by atoms with Gasteiger partial charge in [-0.2, -0.15) is 4.31 Å². The highest BCUT2D eigenvalue weighted by Crippen LogP contribution is 2.36. The average molecular weight is 272 g/mol. The predicted octanol–water partition coefficient (Wildman–Crippen LogP) is 1.83. The summed E-state index contributed by atoms with van der Waals surface area (Å²) in [4.78, 5) is -0.0880. The number of nitrogens with zero attached hydrogens (tertiary/aromatic N) is 1. The molecule has 1 unspecified atom stereocenters. The molecule has 0 amide bonds. The van der Waals surface area contributed by atoms with Crippen LogP contribution in [-0.2, 0) is 10.0 Å². The van der Waals surface area contributed by atoms with E-state index < -0.39 is 15.8 Å². The molecule has 1 aliphatic rings. The van der Waals surface area contributed by atoms with E-state index >= 15 is 0 Å². The second-order valence-corrected chi connectivity index (χ2v) is 6.82. The Labute approximate surface area is 107 Å². The summed E-state index contributed by atoms with van der Waals surface area (Å²) >= 11 is 0. The Morgan fingerprint density at radius 1 is 1.39 bits per heavy atom. The van der Waals surface area contributed by atoms with Gasteiger partial charge >= 0.3 is 0 Å². The number of nitrogens with two attached hydrogens (primary N) is 1. The van der Waals surface area contributed by atoms with Crippen molar-refractivity contribution >= 4 is 15.7 Å². The highest BCUT2D eigenvalue weighted by Gasteiger charge is 2.36. The first-order chi connectivity index (χ1) is 8.32. The molecule has 2 N–H and O–H groups in total. The van der Waals surface area contributed by atoms with Crippen molar-refractivity contribution in [3.63, 3.8) is 0 Å². The molecule has 6 heteroatoms. The molecule has 4 nitrogen and oxygen atoms in total. The maximum absolute atomic E-state index is 13.2. The number of hydrogen-bond donors (Lipinski definition) is 1. The third-order valence-electron chi connectivity index (χ3n) is 3.45. The zero-order valence-electron chi connectivity index (χ0n) is 10.4. The first-order valence-corrected chi connectivity index (χ1v) is 7.30. The fraction of sp³-hybridized carbons (Fsp3) is 0.500.